The Kier molecular flexibility index (Phi) is 7.19. The Balaban J connectivity index is 1.82. The van der Waals surface area contributed by atoms with E-state index in [1.165, 1.54) is 6.07 Å². The smallest absolute Gasteiger partial charge is 0.416 e. The molecule has 1 aliphatic rings. The lowest BCUT2D eigenvalue weighted by Gasteiger charge is -2.29. The number of hydrogen-bond acceptors (Lipinski definition) is 3. The van der Waals surface area contributed by atoms with Crippen molar-refractivity contribution in [1.82, 2.24) is 5.32 Å². The number of halogens is 3. The van der Waals surface area contributed by atoms with Crippen molar-refractivity contribution in [3.63, 3.8) is 0 Å². The van der Waals surface area contributed by atoms with Crippen LogP contribution in [0.25, 0.3) is 0 Å². The van der Waals surface area contributed by atoms with Crippen molar-refractivity contribution in [2.45, 2.75) is 77.6 Å². The predicted octanol–water partition coefficient (Wildman–Crippen LogP) is 5.43. The van der Waals surface area contributed by atoms with Crippen LogP contribution in [-0.2, 0) is 15.7 Å². The SMILES string of the molecule is Cc1cc(NC(=O)CC2CCC(NC(=O)OC(C)(C)C)CC2)cc(C(F)(F)F)c1. The minimum atomic E-state index is -4.45. The van der Waals surface area contributed by atoms with Gasteiger partial charge in [-0.1, -0.05) is 0 Å². The van der Waals surface area contributed by atoms with Gasteiger partial charge in [0.2, 0.25) is 5.91 Å². The van der Waals surface area contributed by atoms with Gasteiger partial charge in [-0.25, -0.2) is 4.79 Å². The highest BCUT2D eigenvalue weighted by molar-refractivity contribution is 5.91. The van der Waals surface area contributed by atoms with Crippen molar-refractivity contribution in [2.75, 3.05) is 5.32 Å². The summed E-state index contributed by atoms with van der Waals surface area (Å²) < 4.78 is 44.0. The highest BCUT2D eigenvalue weighted by Crippen LogP contribution is 2.32. The van der Waals surface area contributed by atoms with E-state index >= 15 is 0 Å². The van der Waals surface area contributed by atoms with E-state index in [1.807, 2.05) is 0 Å². The molecule has 29 heavy (non-hydrogen) atoms. The first kappa shape index (κ1) is 23.0. The number of alkyl halides is 3. The van der Waals surface area contributed by atoms with Crippen LogP contribution in [0.5, 0.6) is 0 Å². The number of hydrogen-bond donors (Lipinski definition) is 2. The average molecular weight is 414 g/mol. The Labute approximate surface area is 169 Å². The summed E-state index contributed by atoms with van der Waals surface area (Å²) in [6.07, 6.45) is -1.66. The minimum absolute atomic E-state index is 0.00952. The van der Waals surface area contributed by atoms with E-state index in [9.17, 15) is 22.8 Å². The number of ether oxygens (including phenoxy) is 1. The van der Waals surface area contributed by atoms with Gasteiger partial charge in [0, 0.05) is 18.2 Å². The number of benzene rings is 1. The highest BCUT2D eigenvalue weighted by atomic mass is 19.4. The van der Waals surface area contributed by atoms with Crippen molar-refractivity contribution >= 4 is 17.7 Å². The molecular formula is C21H29F3N2O3. The average Bonchev–Trinajstić information content (AvgIpc) is 2.53. The molecule has 2 amide bonds. The third-order valence-electron chi connectivity index (χ3n) is 4.73. The molecule has 1 aromatic rings. The van der Waals surface area contributed by atoms with Gasteiger partial charge < -0.3 is 15.4 Å². The van der Waals surface area contributed by atoms with Crippen LogP contribution in [0.4, 0.5) is 23.7 Å². The standard InChI is InChI=1S/C21H29F3N2O3/c1-13-9-15(21(22,23)24)12-17(10-13)25-18(27)11-14-5-7-16(8-6-14)26-19(28)29-20(2,3)4/h9-10,12,14,16H,5-8,11H2,1-4H3,(H,25,27)(H,26,28). The van der Waals surface area contributed by atoms with Crippen LogP contribution in [0.2, 0.25) is 0 Å². The molecule has 0 spiro atoms. The third-order valence-corrected chi connectivity index (χ3v) is 4.73. The fourth-order valence-corrected chi connectivity index (χ4v) is 3.48. The predicted molar refractivity (Wildman–Crippen MR) is 105 cm³/mol. The Bertz CT molecular complexity index is 734. The molecule has 0 atom stereocenters. The number of amides is 2. The topological polar surface area (TPSA) is 67.4 Å². The molecule has 162 valence electrons. The Morgan fingerprint density at radius 3 is 2.24 bits per heavy atom. The maximum absolute atomic E-state index is 12.9. The Morgan fingerprint density at radius 1 is 1.07 bits per heavy atom. The summed E-state index contributed by atoms with van der Waals surface area (Å²) in [6.45, 7) is 6.96. The Morgan fingerprint density at radius 2 is 1.69 bits per heavy atom. The molecule has 1 aliphatic carbocycles. The largest absolute Gasteiger partial charge is 0.444 e. The van der Waals surface area contributed by atoms with Crippen molar-refractivity contribution in [3.8, 4) is 0 Å². The van der Waals surface area contributed by atoms with Gasteiger partial charge in [-0.3, -0.25) is 4.79 Å². The minimum Gasteiger partial charge on any atom is -0.444 e. The molecule has 0 radical (unpaired) electrons. The van der Waals surface area contributed by atoms with Gasteiger partial charge in [0.15, 0.2) is 0 Å². The normalized spacial score (nSPS) is 20.1. The molecule has 0 saturated heterocycles. The van der Waals surface area contributed by atoms with E-state index < -0.39 is 23.4 Å². The lowest BCUT2D eigenvalue weighted by atomic mass is 9.84. The zero-order valence-corrected chi connectivity index (χ0v) is 17.3. The number of anilines is 1. The molecule has 0 unspecified atom stereocenters. The zero-order chi connectivity index (χ0) is 21.8. The monoisotopic (exact) mass is 414 g/mol. The summed E-state index contributed by atoms with van der Waals surface area (Å²) in [5.41, 5.74) is -0.741. The van der Waals surface area contributed by atoms with E-state index in [1.54, 1.807) is 27.7 Å². The van der Waals surface area contributed by atoms with E-state index in [-0.39, 0.29) is 30.0 Å². The summed E-state index contributed by atoms with van der Waals surface area (Å²) in [5.74, 6) is -0.161. The van der Waals surface area contributed by atoms with Crippen molar-refractivity contribution < 1.29 is 27.5 Å². The molecule has 0 aromatic heterocycles. The zero-order valence-electron chi connectivity index (χ0n) is 17.3. The number of nitrogens with one attached hydrogen (secondary N) is 2. The highest BCUT2D eigenvalue weighted by Gasteiger charge is 2.31. The van der Waals surface area contributed by atoms with Crippen LogP contribution in [0.3, 0.4) is 0 Å². The number of alkyl carbamates (subject to hydrolysis) is 1. The summed E-state index contributed by atoms with van der Waals surface area (Å²) in [6, 6.07) is 3.53. The first-order valence-electron chi connectivity index (χ1n) is 9.80. The fourth-order valence-electron chi connectivity index (χ4n) is 3.48. The number of carbonyl (C=O) groups is 2. The van der Waals surface area contributed by atoms with Gasteiger partial charge in [0.1, 0.15) is 5.60 Å². The van der Waals surface area contributed by atoms with Gasteiger partial charge in [0.05, 0.1) is 5.56 Å². The maximum atomic E-state index is 12.9. The van der Waals surface area contributed by atoms with E-state index in [0.717, 1.165) is 37.8 Å². The van der Waals surface area contributed by atoms with Crippen LogP contribution in [0, 0.1) is 12.8 Å². The first-order valence-corrected chi connectivity index (χ1v) is 9.80. The molecule has 1 aromatic carbocycles. The molecule has 2 rings (SSSR count). The second-order valence-corrected chi connectivity index (χ2v) is 8.70. The molecule has 1 fully saturated rings. The second kappa shape index (κ2) is 9.05. The molecule has 2 N–H and O–H groups in total. The summed E-state index contributed by atoms with van der Waals surface area (Å²) in [7, 11) is 0. The molecular weight excluding hydrogens is 385 g/mol. The summed E-state index contributed by atoms with van der Waals surface area (Å²) >= 11 is 0. The fraction of sp³-hybridized carbons (Fsp3) is 0.619. The first-order chi connectivity index (χ1) is 13.3. The van der Waals surface area contributed by atoms with E-state index in [0.29, 0.717) is 5.56 Å². The van der Waals surface area contributed by atoms with E-state index in [4.69, 9.17) is 4.74 Å². The maximum Gasteiger partial charge on any atom is 0.416 e. The summed E-state index contributed by atoms with van der Waals surface area (Å²) in [4.78, 5) is 24.1. The lowest BCUT2D eigenvalue weighted by molar-refractivity contribution is -0.137. The van der Waals surface area contributed by atoms with Crippen LogP contribution in [0.1, 0.15) is 64.0 Å². The quantitative estimate of drug-likeness (QED) is 0.691. The molecule has 1 saturated carbocycles. The molecule has 0 aliphatic heterocycles. The van der Waals surface area contributed by atoms with Crippen molar-refractivity contribution in [3.05, 3.63) is 29.3 Å². The van der Waals surface area contributed by atoms with Gasteiger partial charge in [-0.15, -0.1) is 0 Å². The van der Waals surface area contributed by atoms with Gasteiger partial charge in [0.25, 0.3) is 0 Å². The lowest BCUT2D eigenvalue weighted by Crippen LogP contribution is -2.41. The summed E-state index contributed by atoms with van der Waals surface area (Å²) in [5, 5.41) is 5.43. The van der Waals surface area contributed by atoms with E-state index in [2.05, 4.69) is 10.6 Å². The second-order valence-electron chi connectivity index (χ2n) is 8.70. The number of rotatable bonds is 4. The molecule has 0 heterocycles. The third kappa shape index (κ3) is 7.95. The Hall–Kier alpha value is -2.25. The van der Waals surface area contributed by atoms with Crippen LogP contribution < -0.4 is 10.6 Å². The van der Waals surface area contributed by atoms with Crippen molar-refractivity contribution in [1.29, 1.82) is 0 Å². The van der Waals surface area contributed by atoms with Crippen LogP contribution in [0.15, 0.2) is 18.2 Å². The van der Waals surface area contributed by atoms with Gasteiger partial charge in [-0.2, -0.15) is 13.2 Å². The van der Waals surface area contributed by atoms with Gasteiger partial charge >= 0.3 is 12.3 Å². The number of aryl methyl sites for hydroxylation is 1. The number of carbonyl (C=O) groups excluding carboxylic acids is 2. The molecule has 0 bridgehead atoms. The van der Waals surface area contributed by atoms with Crippen molar-refractivity contribution in [2.24, 2.45) is 5.92 Å². The van der Waals surface area contributed by atoms with Crippen LogP contribution >= 0.6 is 0 Å². The van der Waals surface area contributed by atoms with Gasteiger partial charge in [-0.05, 0) is 83.1 Å². The molecule has 5 nitrogen and oxygen atoms in total. The molecule has 8 heteroatoms. The van der Waals surface area contributed by atoms with Crippen LogP contribution in [-0.4, -0.2) is 23.6 Å².